The van der Waals surface area contributed by atoms with Gasteiger partial charge in [0.25, 0.3) is 5.69 Å². The number of thiophene rings is 1. The second-order valence-corrected chi connectivity index (χ2v) is 9.03. The van der Waals surface area contributed by atoms with Crippen LogP contribution in [-0.4, -0.2) is 27.5 Å². The van der Waals surface area contributed by atoms with Gasteiger partial charge < -0.3 is 20.0 Å². The number of hydrogen-bond acceptors (Lipinski definition) is 9. The smallest absolute Gasteiger partial charge is 0.287 e. The lowest BCUT2D eigenvalue weighted by molar-refractivity contribution is -0.384. The summed E-state index contributed by atoms with van der Waals surface area (Å²) in [5.41, 5.74) is 1.86. The van der Waals surface area contributed by atoms with Gasteiger partial charge in [-0.1, -0.05) is 17.7 Å². The molecule has 1 atom stereocenters. The minimum absolute atomic E-state index is 0.0695. The summed E-state index contributed by atoms with van der Waals surface area (Å²) in [5, 5.41) is 26.1. The zero-order chi connectivity index (χ0) is 22.8. The molecule has 1 aliphatic rings. The maximum atomic E-state index is 11.0. The molecule has 9 nitrogen and oxygen atoms in total. The summed E-state index contributed by atoms with van der Waals surface area (Å²) in [5.74, 6) is -0.303. The molecule has 2 aromatic heterocycles. The molecule has 0 radical (unpaired) electrons. The van der Waals surface area contributed by atoms with Crippen molar-refractivity contribution >= 4 is 50.6 Å². The molecule has 32 heavy (non-hydrogen) atoms. The number of aliphatic carboxylic acids is 1. The lowest BCUT2D eigenvalue weighted by atomic mass is 9.97. The van der Waals surface area contributed by atoms with Gasteiger partial charge in [-0.3, -0.25) is 10.1 Å². The Hall–Kier alpha value is -2.82. The Kier molecular flexibility index (Phi) is 6.54. The number of aryl methyl sites for hydroxylation is 2. The van der Waals surface area contributed by atoms with E-state index in [1.807, 2.05) is 0 Å². The van der Waals surface area contributed by atoms with Crippen molar-refractivity contribution in [3.8, 4) is 0 Å². The van der Waals surface area contributed by atoms with Gasteiger partial charge in [0.15, 0.2) is 5.82 Å². The molecule has 2 heterocycles. The first kappa shape index (κ1) is 22.4. The monoisotopic (exact) mass is 475 g/mol. The fourth-order valence-corrected chi connectivity index (χ4v) is 5.29. The van der Waals surface area contributed by atoms with Gasteiger partial charge in [-0.15, -0.1) is 11.3 Å². The van der Waals surface area contributed by atoms with E-state index in [9.17, 15) is 20.0 Å². The van der Waals surface area contributed by atoms with Gasteiger partial charge in [-0.2, -0.15) is 0 Å². The van der Waals surface area contributed by atoms with Crippen LogP contribution in [0.5, 0.6) is 0 Å². The Morgan fingerprint density at radius 1 is 1.34 bits per heavy atom. The highest BCUT2D eigenvalue weighted by atomic mass is 35.5. The number of benzene rings is 1. The molecule has 1 unspecified atom stereocenters. The topological polar surface area (TPSA) is 130 Å². The fourth-order valence-electron chi connectivity index (χ4n) is 3.75. The van der Waals surface area contributed by atoms with E-state index in [0.29, 0.717) is 18.2 Å². The van der Waals surface area contributed by atoms with E-state index < -0.39 is 23.6 Å². The predicted molar refractivity (Wildman–Crippen MR) is 119 cm³/mol. The molecule has 3 aromatic rings. The highest BCUT2D eigenvalue weighted by Crippen LogP contribution is 2.39. The van der Waals surface area contributed by atoms with Crippen molar-refractivity contribution in [1.29, 1.82) is 0 Å². The number of nitrogens with zero attached hydrogens (tertiary/aromatic N) is 3. The van der Waals surface area contributed by atoms with Crippen molar-refractivity contribution in [2.75, 3.05) is 11.9 Å². The van der Waals surface area contributed by atoms with E-state index in [2.05, 4.69) is 15.3 Å². The van der Waals surface area contributed by atoms with Crippen LogP contribution in [0.25, 0.3) is 10.2 Å². The summed E-state index contributed by atoms with van der Waals surface area (Å²) in [6, 6.07) is 4.58. The van der Waals surface area contributed by atoms with Gasteiger partial charge in [0, 0.05) is 17.5 Å². The number of nitrogens with one attached hydrogen (secondary N) is 1. The summed E-state index contributed by atoms with van der Waals surface area (Å²) >= 11 is 7.67. The molecule has 1 N–H and O–H groups in total. The van der Waals surface area contributed by atoms with E-state index >= 15 is 0 Å². The van der Waals surface area contributed by atoms with Crippen molar-refractivity contribution in [3.63, 3.8) is 0 Å². The number of fused-ring (bicyclic) bond motifs is 3. The van der Waals surface area contributed by atoms with E-state index in [4.69, 9.17) is 16.3 Å². The Balaban J connectivity index is 1.67. The number of rotatable bonds is 8. The van der Waals surface area contributed by atoms with Gasteiger partial charge >= 0.3 is 0 Å². The van der Waals surface area contributed by atoms with E-state index in [-0.39, 0.29) is 10.7 Å². The van der Waals surface area contributed by atoms with E-state index in [1.165, 1.54) is 16.5 Å². The normalized spacial score (nSPS) is 14.2. The number of ether oxygens (including phenoxy) is 1. The highest BCUT2D eigenvalue weighted by molar-refractivity contribution is 7.19. The first-order valence-corrected chi connectivity index (χ1v) is 11.3. The number of nitro benzene ring substituents is 1. The average molecular weight is 476 g/mol. The van der Waals surface area contributed by atoms with Crippen molar-refractivity contribution in [2.24, 2.45) is 0 Å². The number of carbonyl (C=O) groups excluding carboxylic acids is 1. The summed E-state index contributed by atoms with van der Waals surface area (Å²) < 4.78 is 5.32. The number of aromatic nitrogens is 2. The number of anilines is 1. The second-order valence-electron chi connectivity index (χ2n) is 7.54. The minimum atomic E-state index is -1.31. The van der Waals surface area contributed by atoms with E-state index in [1.54, 1.807) is 30.4 Å². The summed E-state index contributed by atoms with van der Waals surface area (Å²) in [4.78, 5) is 32.7. The fraction of sp³-hybridized carbons (Fsp3) is 0.381. The largest absolute Gasteiger partial charge is 0.548 e. The molecule has 0 saturated carbocycles. The van der Waals surface area contributed by atoms with Gasteiger partial charge in [-0.05, 0) is 49.8 Å². The molecule has 0 fully saturated rings. The molecule has 0 aliphatic heterocycles. The Labute approximate surface area is 192 Å². The molecule has 0 bridgehead atoms. The molecule has 11 heteroatoms. The lowest BCUT2D eigenvalue weighted by Crippen LogP contribution is -2.28. The quantitative estimate of drug-likeness (QED) is 0.386. The van der Waals surface area contributed by atoms with Crippen molar-refractivity contribution < 1.29 is 19.6 Å². The summed E-state index contributed by atoms with van der Waals surface area (Å²) in [6.07, 6.45) is 3.55. The molecule has 1 aromatic carbocycles. The van der Waals surface area contributed by atoms with Crippen molar-refractivity contribution in [3.05, 3.63) is 55.2 Å². The molecule has 0 amide bonds. The number of nitro groups is 1. The van der Waals surface area contributed by atoms with Crippen molar-refractivity contribution in [2.45, 2.75) is 45.3 Å². The number of carboxylic acid groups (broad SMARTS) is 1. The van der Waals surface area contributed by atoms with Crippen LogP contribution in [0.15, 0.2) is 18.2 Å². The zero-order valence-electron chi connectivity index (χ0n) is 17.2. The molecular formula is C21H20ClN4O5S-. The molecule has 0 spiro atoms. The minimum Gasteiger partial charge on any atom is -0.548 e. The summed E-state index contributed by atoms with van der Waals surface area (Å²) in [6.45, 7) is 1.49. The number of hydrogen-bond donors (Lipinski definition) is 1. The molecule has 1 aliphatic carbocycles. The third-order valence-corrected chi connectivity index (χ3v) is 6.80. The maximum absolute atomic E-state index is 11.0. The Bertz CT molecular complexity index is 1200. The number of carbonyl (C=O) groups is 1. The Morgan fingerprint density at radius 2 is 2.12 bits per heavy atom. The zero-order valence-corrected chi connectivity index (χ0v) is 18.8. The van der Waals surface area contributed by atoms with Crippen LogP contribution in [0.4, 0.5) is 11.5 Å². The van der Waals surface area contributed by atoms with Crippen LogP contribution in [0.2, 0.25) is 5.02 Å². The van der Waals surface area contributed by atoms with Gasteiger partial charge in [0.1, 0.15) is 21.8 Å². The lowest BCUT2D eigenvalue weighted by Gasteiger charge is -2.16. The van der Waals surface area contributed by atoms with Crippen LogP contribution in [0, 0.1) is 10.1 Å². The first-order chi connectivity index (χ1) is 15.3. The third kappa shape index (κ3) is 4.67. The molecule has 4 rings (SSSR count). The van der Waals surface area contributed by atoms with Gasteiger partial charge in [0.2, 0.25) is 0 Å². The number of carboxylic acids is 1. The van der Waals surface area contributed by atoms with Crippen LogP contribution in [0.3, 0.4) is 0 Å². The first-order valence-electron chi connectivity index (χ1n) is 10.1. The van der Waals surface area contributed by atoms with Gasteiger partial charge in [0.05, 0.1) is 22.9 Å². The SMILES string of the molecule is CC(OCC(=O)[O-])c1nc(NCc2ccc([N+](=O)[O-])c(Cl)c2)c2c3c(sc2n1)CCCC3. The van der Waals surface area contributed by atoms with Crippen LogP contribution >= 0.6 is 22.9 Å². The maximum Gasteiger partial charge on any atom is 0.287 e. The molecular weight excluding hydrogens is 456 g/mol. The third-order valence-electron chi connectivity index (χ3n) is 5.32. The number of halogens is 1. The molecule has 168 valence electrons. The van der Waals surface area contributed by atoms with Crippen LogP contribution in [0.1, 0.15) is 47.7 Å². The van der Waals surface area contributed by atoms with E-state index in [0.717, 1.165) is 41.5 Å². The highest BCUT2D eigenvalue weighted by Gasteiger charge is 2.23. The van der Waals surface area contributed by atoms with Crippen molar-refractivity contribution in [1.82, 2.24) is 9.97 Å². The second kappa shape index (κ2) is 9.35. The van der Waals surface area contributed by atoms with Crippen LogP contribution < -0.4 is 10.4 Å². The summed E-state index contributed by atoms with van der Waals surface area (Å²) in [7, 11) is 0. The molecule has 0 saturated heterocycles. The van der Waals surface area contributed by atoms with Crippen LogP contribution in [-0.2, 0) is 28.9 Å². The Morgan fingerprint density at radius 3 is 2.84 bits per heavy atom. The standard InChI is InChI=1S/C21H21ClN4O5S/c1-11(31-10-17(27)28)19-24-20(18-13-4-2-3-5-16(13)32-21(18)25-19)23-9-12-6-7-15(26(29)30)14(22)8-12/h6-8,11H,2-5,9-10H2,1H3,(H,27,28)(H,23,24,25)/p-1. The average Bonchev–Trinajstić information content (AvgIpc) is 3.14. The van der Waals surface area contributed by atoms with Gasteiger partial charge in [-0.25, -0.2) is 9.97 Å². The predicted octanol–water partition coefficient (Wildman–Crippen LogP) is 3.57.